The second kappa shape index (κ2) is 5.50. The molecule has 98 valence electrons. The van der Waals surface area contributed by atoms with Gasteiger partial charge in [0.05, 0.1) is 6.54 Å². The Hall–Kier alpha value is -1.39. The first-order valence-corrected chi connectivity index (χ1v) is 6.42. The third-order valence-corrected chi connectivity index (χ3v) is 3.55. The molecule has 1 saturated heterocycles. The number of nitrogens with two attached hydrogens (primary N) is 1. The second-order valence-electron chi connectivity index (χ2n) is 4.88. The van der Waals surface area contributed by atoms with Gasteiger partial charge in [-0.25, -0.2) is 0 Å². The molecule has 1 amide bonds. The van der Waals surface area contributed by atoms with E-state index in [9.17, 15) is 4.79 Å². The molecule has 4 heteroatoms. The summed E-state index contributed by atoms with van der Waals surface area (Å²) in [6, 6.07) is 6.19. The van der Waals surface area contributed by atoms with E-state index < -0.39 is 0 Å². The Morgan fingerprint density at radius 2 is 2.00 bits per heavy atom. The van der Waals surface area contributed by atoms with E-state index in [2.05, 4.69) is 30.9 Å². The molecule has 0 atom stereocenters. The highest BCUT2D eigenvalue weighted by molar-refractivity contribution is 5.95. The predicted octanol–water partition coefficient (Wildman–Crippen LogP) is 0.911. The van der Waals surface area contributed by atoms with Gasteiger partial charge in [0.2, 0.25) is 5.91 Å². The van der Waals surface area contributed by atoms with Crippen LogP contribution in [0.5, 0.6) is 0 Å². The highest BCUT2D eigenvalue weighted by Gasteiger charge is 2.24. The first-order valence-electron chi connectivity index (χ1n) is 6.42. The van der Waals surface area contributed by atoms with E-state index in [0.29, 0.717) is 13.1 Å². The van der Waals surface area contributed by atoms with Crippen LogP contribution in [0.1, 0.15) is 11.1 Å². The fourth-order valence-electron chi connectivity index (χ4n) is 2.26. The Morgan fingerprint density at radius 3 is 2.61 bits per heavy atom. The molecule has 1 aliphatic rings. The summed E-state index contributed by atoms with van der Waals surface area (Å²) in [4.78, 5) is 16.1. The summed E-state index contributed by atoms with van der Waals surface area (Å²) in [6.45, 7) is 7.69. The van der Waals surface area contributed by atoms with E-state index in [4.69, 9.17) is 5.73 Å². The lowest BCUT2D eigenvalue weighted by Gasteiger charge is -2.34. The van der Waals surface area contributed by atoms with Crippen molar-refractivity contribution < 1.29 is 4.79 Å². The molecule has 2 N–H and O–H groups in total. The number of hydrogen-bond acceptors (Lipinski definition) is 3. The molecule has 4 nitrogen and oxygen atoms in total. The van der Waals surface area contributed by atoms with Crippen molar-refractivity contribution in [3.63, 3.8) is 0 Å². The van der Waals surface area contributed by atoms with Crippen LogP contribution >= 0.6 is 0 Å². The van der Waals surface area contributed by atoms with E-state index in [1.165, 1.54) is 11.1 Å². The lowest BCUT2D eigenvalue weighted by molar-refractivity contribution is -0.121. The van der Waals surface area contributed by atoms with Gasteiger partial charge in [-0.05, 0) is 37.1 Å². The molecule has 1 fully saturated rings. The van der Waals surface area contributed by atoms with Crippen LogP contribution in [0.25, 0.3) is 0 Å². The third-order valence-electron chi connectivity index (χ3n) is 3.55. The summed E-state index contributed by atoms with van der Waals surface area (Å²) >= 11 is 0. The number of benzene rings is 1. The SMILES string of the molecule is Cc1ccc(N2CCN(CCN)CC2=O)cc1C. The first-order chi connectivity index (χ1) is 8.61. The normalized spacial score (nSPS) is 17.3. The summed E-state index contributed by atoms with van der Waals surface area (Å²) in [5.41, 5.74) is 9.01. The molecule has 2 rings (SSSR count). The number of rotatable bonds is 3. The van der Waals surface area contributed by atoms with Crippen LogP contribution in [0.2, 0.25) is 0 Å². The number of nitrogens with zero attached hydrogens (tertiary/aromatic N) is 2. The minimum atomic E-state index is 0.165. The van der Waals surface area contributed by atoms with Gasteiger partial charge in [0.25, 0.3) is 0 Å². The number of piperazine rings is 1. The van der Waals surface area contributed by atoms with Gasteiger partial charge in [-0.15, -0.1) is 0 Å². The molecule has 0 bridgehead atoms. The number of hydrogen-bond donors (Lipinski definition) is 1. The Morgan fingerprint density at radius 1 is 1.22 bits per heavy atom. The van der Waals surface area contributed by atoms with Crippen molar-refractivity contribution in [3.8, 4) is 0 Å². The summed E-state index contributed by atoms with van der Waals surface area (Å²) < 4.78 is 0. The standard InChI is InChI=1S/C14H21N3O/c1-11-3-4-13(9-12(11)2)17-8-7-16(6-5-15)10-14(17)18/h3-4,9H,5-8,10,15H2,1-2H3. The Bertz CT molecular complexity index is 445. The number of aryl methyl sites for hydroxylation is 2. The Balaban J connectivity index is 2.10. The summed E-state index contributed by atoms with van der Waals surface area (Å²) in [5, 5.41) is 0. The predicted molar refractivity (Wildman–Crippen MR) is 73.8 cm³/mol. The fourth-order valence-corrected chi connectivity index (χ4v) is 2.26. The Kier molecular flexibility index (Phi) is 3.99. The highest BCUT2D eigenvalue weighted by Crippen LogP contribution is 2.20. The van der Waals surface area contributed by atoms with Gasteiger partial charge in [-0.3, -0.25) is 9.69 Å². The van der Waals surface area contributed by atoms with E-state index in [1.807, 2.05) is 11.0 Å². The molecule has 0 spiro atoms. The van der Waals surface area contributed by atoms with Crippen LogP contribution in [-0.4, -0.2) is 43.5 Å². The molecule has 1 heterocycles. The topological polar surface area (TPSA) is 49.6 Å². The van der Waals surface area contributed by atoms with Crippen LogP contribution in [0.15, 0.2) is 18.2 Å². The van der Waals surface area contributed by atoms with E-state index in [1.54, 1.807) is 0 Å². The van der Waals surface area contributed by atoms with E-state index in [-0.39, 0.29) is 5.91 Å². The minimum absolute atomic E-state index is 0.165. The zero-order valence-corrected chi connectivity index (χ0v) is 11.1. The lowest BCUT2D eigenvalue weighted by atomic mass is 10.1. The molecule has 1 aromatic carbocycles. The average molecular weight is 247 g/mol. The summed E-state index contributed by atoms with van der Waals surface area (Å²) in [6.07, 6.45) is 0. The maximum Gasteiger partial charge on any atom is 0.241 e. The van der Waals surface area contributed by atoms with Gasteiger partial charge in [-0.1, -0.05) is 6.07 Å². The van der Waals surface area contributed by atoms with Crippen LogP contribution in [-0.2, 0) is 4.79 Å². The second-order valence-corrected chi connectivity index (χ2v) is 4.88. The number of amides is 1. The zero-order chi connectivity index (χ0) is 13.1. The maximum absolute atomic E-state index is 12.1. The van der Waals surface area contributed by atoms with Gasteiger partial charge in [0.15, 0.2) is 0 Å². The molecule has 18 heavy (non-hydrogen) atoms. The Labute approximate surface area is 108 Å². The smallest absolute Gasteiger partial charge is 0.241 e. The van der Waals surface area contributed by atoms with Gasteiger partial charge in [0.1, 0.15) is 0 Å². The van der Waals surface area contributed by atoms with Crippen LogP contribution < -0.4 is 10.6 Å². The number of carbonyl (C=O) groups is 1. The van der Waals surface area contributed by atoms with Crippen molar-refractivity contribution >= 4 is 11.6 Å². The van der Waals surface area contributed by atoms with Crippen molar-refractivity contribution in [2.45, 2.75) is 13.8 Å². The molecule has 0 aromatic heterocycles. The van der Waals surface area contributed by atoms with E-state index >= 15 is 0 Å². The molecule has 1 aliphatic heterocycles. The molecule has 0 unspecified atom stereocenters. The summed E-state index contributed by atoms with van der Waals surface area (Å²) in [5.74, 6) is 0.165. The van der Waals surface area contributed by atoms with Crippen LogP contribution in [0.4, 0.5) is 5.69 Å². The maximum atomic E-state index is 12.1. The number of anilines is 1. The monoisotopic (exact) mass is 247 g/mol. The molecular formula is C14H21N3O. The molecule has 0 aliphatic carbocycles. The van der Waals surface area contributed by atoms with Crippen molar-refractivity contribution in [2.75, 3.05) is 37.6 Å². The highest BCUT2D eigenvalue weighted by atomic mass is 16.2. The molecular weight excluding hydrogens is 226 g/mol. The molecule has 1 aromatic rings. The number of carbonyl (C=O) groups excluding carboxylic acids is 1. The van der Waals surface area contributed by atoms with Gasteiger partial charge < -0.3 is 10.6 Å². The molecule has 0 radical (unpaired) electrons. The van der Waals surface area contributed by atoms with Gasteiger partial charge in [0, 0.05) is 31.9 Å². The van der Waals surface area contributed by atoms with Crippen LogP contribution in [0.3, 0.4) is 0 Å². The van der Waals surface area contributed by atoms with Crippen molar-refractivity contribution in [1.82, 2.24) is 4.90 Å². The fraction of sp³-hybridized carbons (Fsp3) is 0.500. The third kappa shape index (κ3) is 2.71. The molecule has 0 saturated carbocycles. The van der Waals surface area contributed by atoms with Gasteiger partial charge in [-0.2, -0.15) is 0 Å². The van der Waals surface area contributed by atoms with Gasteiger partial charge >= 0.3 is 0 Å². The average Bonchev–Trinajstić information content (AvgIpc) is 2.34. The first kappa shape index (κ1) is 13.1. The lowest BCUT2D eigenvalue weighted by Crippen LogP contribution is -2.51. The minimum Gasteiger partial charge on any atom is -0.329 e. The van der Waals surface area contributed by atoms with Crippen LogP contribution in [0, 0.1) is 13.8 Å². The van der Waals surface area contributed by atoms with Crippen molar-refractivity contribution in [3.05, 3.63) is 29.3 Å². The largest absolute Gasteiger partial charge is 0.329 e. The zero-order valence-electron chi connectivity index (χ0n) is 11.1. The summed E-state index contributed by atoms with van der Waals surface area (Å²) in [7, 11) is 0. The quantitative estimate of drug-likeness (QED) is 0.864. The van der Waals surface area contributed by atoms with Crippen molar-refractivity contribution in [2.24, 2.45) is 5.73 Å². The van der Waals surface area contributed by atoms with Crippen molar-refractivity contribution in [1.29, 1.82) is 0 Å². The van der Waals surface area contributed by atoms with E-state index in [0.717, 1.165) is 25.3 Å².